The molecule has 5 N–H and O–H groups in total. The molecule has 2 atom stereocenters. The Labute approximate surface area is 206 Å². The minimum Gasteiger partial charge on any atom is -0.382 e. The second kappa shape index (κ2) is 9.47. The van der Waals surface area contributed by atoms with E-state index in [4.69, 9.17) is 5.73 Å². The molecule has 1 aliphatic heterocycles. The van der Waals surface area contributed by atoms with Gasteiger partial charge in [0.15, 0.2) is 5.82 Å². The lowest BCUT2D eigenvalue weighted by Crippen LogP contribution is -2.54. The lowest BCUT2D eigenvalue weighted by atomic mass is 9.91. The molecule has 0 radical (unpaired) electrons. The highest BCUT2D eigenvalue weighted by Crippen LogP contribution is 2.38. The summed E-state index contributed by atoms with van der Waals surface area (Å²) >= 11 is 0. The van der Waals surface area contributed by atoms with E-state index >= 15 is 0 Å². The van der Waals surface area contributed by atoms with Gasteiger partial charge in [0.25, 0.3) is 0 Å². The van der Waals surface area contributed by atoms with Gasteiger partial charge in [-0.05, 0) is 37.8 Å². The lowest BCUT2D eigenvalue weighted by Gasteiger charge is -2.41. The molecular weight excluding hydrogens is 473 g/mol. The number of nitrogens with zero attached hydrogens (tertiary/aromatic N) is 4. The monoisotopic (exact) mass is 502 g/mol. The number of H-pyrrole nitrogens is 1. The first-order valence-corrected chi connectivity index (χ1v) is 12.2. The highest BCUT2D eigenvalue weighted by molar-refractivity contribution is 5.91. The van der Waals surface area contributed by atoms with Crippen molar-refractivity contribution in [3.8, 4) is 11.3 Å². The largest absolute Gasteiger partial charge is 0.408 e. The zero-order valence-electron chi connectivity index (χ0n) is 19.9. The molecule has 0 spiro atoms. The van der Waals surface area contributed by atoms with Gasteiger partial charge >= 0.3 is 6.18 Å². The molecule has 2 aliphatic rings. The Morgan fingerprint density at radius 2 is 1.92 bits per heavy atom. The van der Waals surface area contributed by atoms with Gasteiger partial charge < -0.3 is 21.3 Å². The number of fused-ring (bicyclic) bond motifs is 1. The normalized spacial score (nSPS) is 21.2. The van der Waals surface area contributed by atoms with Gasteiger partial charge in [-0.2, -0.15) is 23.3 Å². The maximum atomic E-state index is 14.1. The quantitative estimate of drug-likeness (QED) is 0.418. The maximum Gasteiger partial charge on any atom is 0.408 e. The SMILES string of the molecule is CNc1nc(-c2ccc3c(N)n[nH]c3c2)cc(N2C[C@@H](C(=O)NC3CCCC3)CC[C@H]2C(F)(F)F)n1. The van der Waals surface area contributed by atoms with Gasteiger partial charge in [-0.15, -0.1) is 0 Å². The number of piperidine rings is 1. The summed E-state index contributed by atoms with van der Waals surface area (Å²) in [6, 6.07) is 5.27. The van der Waals surface area contributed by atoms with E-state index in [0.29, 0.717) is 22.6 Å². The Morgan fingerprint density at radius 3 is 2.64 bits per heavy atom. The van der Waals surface area contributed by atoms with Crippen molar-refractivity contribution in [2.24, 2.45) is 5.92 Å². The molecule has 2 aromatic heterocycles. The van der Waals surface area contributed by atoms with Crippen LogP contribution in [0.1, 0.15) is 38.5 Å². The van der Waals surface area contributed by atoms with Crippen LogP contribution in [0.2, 0.25) is 0 Å². The number of nitrogens with one attached hydrogen (secondary N) is 3. The third kappa shape index (κ3) is 4.76. The topological polar surface area (TPSA) is 125 Å². The van der Waals surface area contributed by atoms with Crippen LogP contribution >= 0.6 is 0 Å². The minimum absolute atomic E-state index is 0.0710. The van der Waals surface area contributed by atoms with Gasteiger partial charge in [0.1, 0.15) is 11.9 Å². The molecule has 3 aromatic rings. The van der Waals surface area contributed by atoms with E-state index in [2.05, 4.69) is 30.8 Å². The fourth-order valence-corrected chi connectivity index (χ4v) is 5.21. The van der Waals surface area contributed by atoms with Crippen molar-refractivity contribution in [2.75, 3.05) is 29.5 Å². The van der Waals surface area contributed by atoms with Crippen LogP contribution in [0.4, 0.5) is 30.8 Å². The van der Waals surface area contributed by atoms with Gasteiger partial charge in [0.05, 0.1) is 17.1 Å². The van der Waals surface area contributed by atoms with Crippen LogP contribution in [0.5, 0.6) is 0 Å². The van der Waals surface area contributed by atoms with Crippen molar-refractivity contribution in [1.29, 1.82) is 0 Å². The number of alkyl halides is 3. The van der Waals surface area contributed by atoms with Gasteiger partial charge in [0, 0.05) is 36.7 Å². The molecule has 1 saturated carbocycles. The number of aromatic nitrogens is 4. The fourth-order valence-electron chi connectivity index (χ4n) is 5.21. The predicted molar refractivity (Wildman–Crippen MR) is 131 cm³/mol. The van der Waals surface area contributed by atoms with E-state index in [-0.39, 0.29) is 43.1 Å². The standard InChI is InChI=1S/C24H29F3N8O/c1-29-23-31-17(13-6-8-16-18(10-13)33-34-21(16)28)11-20(32-23)35-12-14(7-9-19(35)24(25,26)27)22(36)30-15-4-2-3-5-15/h6,8,10-11,14-15,19H,2-5,7,9,12H2,1H3,(H,30,36)(H3,28,33,34)(H,29,31,32)/t14-,19-/m0/s1. The van der Waals surface area contributed by atoms with Gasteiger partial charge in [-0.3, -0.25) is 9.89 Å². The van der Waals surface area contributed by atoms with Crippen LogP contribution in [-0.2, 0) is 4.79 Å². The van der Waals surface area contributed by atoms with Crippen molar-refractivity contribution in [2.45, 2.75) is 56.8 Å². The Kier molecular flexibility index (Phi) is 6.35. The molecule has 0 unspecified atom stereocenters. The third-order valence-electron chi connectivity index (χ3n) is 7.15. The smallest absolute Gasteiger partial charge is 0.382 e. The number of hydrogen-bond acceptors (Lipinski definition) is 7. The molecule has 5 rings (SSSR count). The zero-order chi connectivity index (χ0) is 25.4. The molecule has 0 bridgehead atoms. The predicted octanol–water partition coefficient (Wildman–Crippen LogP) is 3.85. The number of rotatable bonds is 5. The molecule has 1 saturated heterocycles. The van der Waals surface area contributed by atoms with E-state index in [1.807, 2.05) is 0 Å². The van der Waals surface area contributed by atoms with E-state index in [1.165, 1.54) is 11.0 Å². The third-order valence-corrected chi connectivity index (χ3v) is 7.15. The Balaban J connectivity index is 1.48. The van der Waals surface area contributed by atoms with Crippen LogP contribution in [0, 0.1) is 5.92 Å². The number of carbonyl (C=O) groups is 1. The van der Waals surface area contributed by atoms with Crippen molar-refractivity contribution in [3.05, 3.63) is 24.3 Å². The number of anilines is 3. The molecule has 1 aromatic carbocycles. The van der Waals surface area contributed by atoms with Gasteiger partial charge in [-0.1, -0.05) is 18.9 Å². The number of carbonyl (C=O) groups excluding carboxylic acids is 1. The zero-order valence-corrected chi connectivity index (χ0v) is 19.9. The van der Waals surface area contributed by atoms with Crippen LogP contribution in [-0.4, -0.2) is 57.9 Å². The molecular formula is C24H29F3N8O. The van der Waals surface area contributed by atoms with E-state index in [9.17, 15) is 18.0 Å². The molecule has 1 amide bonds. The van der Waals surface area contributed by atoms with Crippen LogP contribution in [0.15, 0.2) is 24.3 Å². The first-order valence-electron chi connectivity index (χ1n) is 12.2. The first-order chi connectivity index (χ1) is 17.2. The second-order valence-electron chi connectivity index (χ2n) is 9.53. The molecule has 36 heavy (non-hydrogen) atoms. The Morgan fingerprint density at radius 1 is 1.14 bits per heavy atom. The number of nitrogen functional groups attached to an aromatic ring is 1. The average Bonchev–Trinajstić information content (AvgIpc) is 3.52. The summed E-state index contributed by atoms with van der Waals surface area (Å²) in [6.45, 7) is -0.0710. The fraction of sp³-hybridized carbons (Fsp3) is 0.500. The highest BCUT2D eigenvalue weighted by atomic mass is 19.4. The lowest BCUT2D eigenvalue weighted by molar-refractivity contribution is -0.156. The molecule has 12 heteroatoms. The highest BCUT2D eigenvalue weighted by Gasteiger charge is 2.48. The minimum atomic E-state index is -4.47. The Hall–Kier alpha value is -3.57. The second-order valence-corrected chi connectivity index (χ2v) is 9.53. The summed E-state index contributed by atoms with van der Waals surface area (Å²) in [7, 11) is 1.61. The van der Waals surface area contributed by atoms with Crippen LogP contribution in [0.3, 0.4) is 0 Å². The molecule has 192 valence electrons. The van der Waals surface area contributed by atoms with E-state index in [0.717, 1.165) is 31.1 Å². The van der Waals surface area contributed by atoms with E-state index in [1.54, 1.807) is 25.2 Å². The van der Waals surface area contributed by atoms with Crippen LogP contribution in [0.25, 0.3) is 22.2 Å². The molecule has 1 aliphatic carbocycles. The van der Waals surface area contributed by atoms with Crippen molar-refractivity contribution >= 4 is 34.4 Å². The number of amides is 1. The first kappa shape index (κ1) is 24.1. The summed E-state index contributed by atoms with van der Waals surface area (Å²) in [4.78, 5) is 23.0. The Bertz CT molecular complexity index is 1250. The number of aromatic amines is 1. The van der Waals surface area contributed by atoms with Gasteiger partial charge in [0.2, 0.25) is 11.9 Å². The summed E-state index contributed by atoms with van der Waals surface area (Å²) in [5.41, 5.74) is 7.65. The molecule has 3 heterocycles. The van der Waals surface area contributed by atoms with Crippen molar-refractivity contribution in [1.82, 2.24) is 25.5 Å². The number of halogens is 3. The summed E-state index contributed by atoms with van der Waals surface area (Å²) < 4.78 is 42.3. The van der Waals surface area contributed by atoms with Crippen molar-refractivity contribution < 1.29 is 18.0 Å². The van der Waals surface area contributed by atoms with Crippen LogP contribution < -0.4 is 21.3 Å². The van der Waals surface area contributed by atoms with Crippen molar-refractivity contribution in [3.63, 3.8) is 0 Å². The average molecular weight is 503 g/mol. The molecule has 2 fully saturated rings. The van der Waals surface area contributed by atoms with E-state index < -0.39 is 18.1 Å². The number of hydrogen-bond donors (Lipinski definition) is 4. The molecule has 9 nitrogen and oxygen atoms in total. The summed E-state index contributed by atoms with van der Waals surface area (Å²) in [6.07, 6.45) is -0.518. The van der Waals surface area contributed by atoms with Gasteiger partial charge in [-0.25, -0.2) is 4.98 Å². The number of nitrogens with two attached hydrogens (primary N) is 1. The summed E-state index contributed by atoms with van der Waals surface area (Å²) in [5, 5.41) is 13.5. The maximum absolute atomic E-state index is 14.1. The number of benzene rings is 1. The summed E-state index contributed by atoms with van der Waals surface area (Å²) in [5.74, 6) is -0.0681.